The Morgan fingerprint density at radius 3 is 2.75 bits per heavy atom. The van der Waals surface area contributed by atoms with Crippen LogP contribution in [0.2, 0.25) is 0 Å². The van der Waals surface area contributed by atoms with E-state index < -0.39 is 0 Å². The number of amides is 3. The fraction of sp³-hybridized carbons (Fsp3) is 0.375. The molecule has 0 spiro atoms. The van der Waals surface area contributed by atoms with E-state index in [9.17, 15) is 9.59 Å². The van der Waals surface area contributed by atoms with Crippen molar-refractivity contribution in [3.8, 4) is 0 Å². The van der Waals surface area contributed by atoms with Crippen molar-refractivity contribution in [3.05, 3.63) is 41.7 Å². The molecule has 2 heterocycles. The highest BCUT2D eigenvalue weighted by Crippen LogP contribution is 2.13. The third-order valence-electron chi connectivity index (χ3n) is 3.86. The first kappa shape index (κ1) is 16.4. The minimum absolute atomic E-state index is 0.0271. The van der Waals surface area contributed by atoms with Gasteiger partial charge in [-0.05, 0) is 18.9 Å². The first-order valence-corrected chi connectivity index (χ1v) is 8.57. The van der Waals surface area contributed by atoms with Gasteiger partial charge >= 0.3 is 6.03 Å². The lowest BCUT2D eigenvalue weighted by Gasteiger charge is -2.34. The molecule has 3 rings (SSSR count). The van der Waals surface area contributed by atoms with E-state index in [1.807, 2.05) is 23.1 Å². The molecule has 1 saturated heterocycles. The molecule has 0 aliphatic carbocycles. The lowest BCUT2D eigenvalue weighted by atomic mass is 10.1. The first-order chi connectivity index (χ1) is 11.6. The van der Waals surface area contributed by atoms with E-state index in [0.29, 0.717) is 30.6 Å². The van der Waals surface area contributed by atoms with Crippen molar-refractivity contribution in [2.75, 3.05) is 31.5 Å². The van der Waals surface area contributed by atoms with Gasteiger partial charge in [-0.3, -0.25) is 10.1 Å². The Morgan fingerprint density at radius 2 is 2.08 bits per heavy atom. The minimum atomic E-state index is -0.304. The van der Waals surface area contributed by atoms with Crippen LogP contribution in [0.5, 0.6) is 0 Å². The molecule has 126 valence electrons. The highest BCUT2D eigenvalue weighted by molar-refractivity contribution is 7.09. The normalized spacial score (nSPS) is 14.8. The van der Waals surface area contributed by atoms with Gasteiger partial charge in [0.1, 0.15) is 12.4 Å². The Labute approximate surface area is 144 Å². The third-order valence-corrected chi connectivity index (χ3v) is 4.58. The molecular formula is C16H19N5O2S. The Kier molecular flexibility index (Phi) is 5.05. The van der Waals surface area contributed by atoms with Gasteiger partial charge in [-0.2, -0.15) is 4.37 Å². The predicted octanol–water partition coefficient (Wildman–Crippen LogP) is 1.77. The lowest BCUT2D eigenvalue weighted by Crippen LogP contribution is -2.53. The zero-order valence-electron chi connectivity index (χ0n) is 13.4. The average Bonchev–Trinajstić information content (AvgIpc) is 2.99. The van der Waals surface area contributed by atoms with Crippen LogP contribution >= 0.6 is 11.5 Å². The van der Waals surface area contributed by atoms with Crippen LogP contribution in [0.15, 0.2) is 30.3 Å². The molecule has 24 heavy (non-hydrogen) atoms. The number of hydrogen-bond donors (Lipinski definition) is 1. The highest BCUT2D eigenvalue weighted by atomic mass is 32.1. The SMILES string of the molecule is Cc1nsc(NC(=O)N2CCN(CCc3ccccc3)C(=O)C2)n1. The second kappa shape index (κ2) is 7.39. The van der Waals surface area contributed by atoms with Crippen LogP contribution < -0.4 is 5.32 Å². The molecular weight excluding hydrogens is 326 g/mol. The van der Waals surface area contributed by atoms with Gasteiger partial charge in [0, 0.05) is 31.2 Å². The Morgan fingerprint density at radius 1 is 1.29 bits per heavy atom. The first-order valence-electron chi connectivity index (χ1n) is 7.80. The molecule has 8 heteroatoms. The largest absolute Gasteiger partial charge is 0.339 e. The summed E-state index contributed by atoms with van der Waals surface area (Å²) in [5.41, 5.74) is 1.21. The number of benzene rings is 1. The number of anilines is 1. The Hall–Kier alpha value is -2.48. The molecule has 0 unspecified atom stereocenters. The van der Waals surface area contributed by atoms with E-state index in [1.165, 1.54) is 10.5 Å². The van der Waals surface area contributed by atoms with Crippen LogP contribution in [0.4, 0.5) is 9.93 Å². The van der Waals surface area contributed by atoms with E-state index in [-0.39, 0.29) is 18.5 Å². The second-order valence-corrected chi connectivity index (χ2v) is 6.37. The van der Waals surface area contributed by atoms with Crippen molar-refractivity contribution >= 4 is 28.6 Å². The van der Waals surface area contributed by atoms with Gasteiger partial charge in [0.2, 0.25) is 11.0 Å². The van der Waals surface area contributed by atoms with E-state index in [2.05, 4.69) is 26.8 Å². The number of carbonyl (C=O) groups excluding carboxylic acids is 2. The van der Waals surface area contributed by atoms with E-state index >= 15 is 0 Å². The number of urea groups is 1. The van der Waals surface area contributed by atoms with Crippen LogP contribution in [0.1, 0.15) is 11.4 Å². The molecule has 0 saturated carbocycles. The smallest absolute Gasteiger partial charge is 0.324 e. The zero-order chi connectivity index (χ0) is 16.9. The number of nitrogens with one attached hydrogen (secondary N) is 1. The molecule has 0 radical (unpaired) electrons. The molecule has 1 N–H and O–H groups in total. The Bertz CT molecular complexity index is 718. The van der Waals surface area contributed by atoms with Gasteiger partial charge in [-0.15, -0.1) is 0 Å². The number of rotatable bonds is 4. The van der Waals surface area contributed by atoms with Crippen molar-refractivity contribution in [2.45, 2.75) is 13.3 Å². The lowest BCUT2D eigenvalue weighted by molar-refractivity contribution is -0.134. The molecule has 3 amide bonds. The topological polar surface area (TPSA) is 78.4 Å². The van der Waals surface area contributed by atoms with Crippen LogP contribution in [0.3, 0.4) is 0 Å². The Balaban J connectivity index is 1.49. The number of aryl methyl sites for hydroxylation is 1. The molecule has 1 aromatic carbocycles. The van der Waals surface area contributed by atoms with Crippen LogP contribution in [0.25, 0.3) is 0 Å². The van der Waals surface area contributed by atoms with Gasteiger partial charge < -0.3 is 9.80 Å². The molecule has 2 aromatic rings. The summed E-state index contributed by atoms with van der Waals surface area (Å²) in [6, 6.07) is 9.77. The monoisotopic (exact) mass is 345 g/mol. The average molecular weight is 345 g/mol. The highest BCUT2D eigenvalue weighted by Gasteiger charge is 2.27. The third kappa shape index (κ3) is 4.08. The standard InChI is InChI=1S/C16H19N5O2S/c1-12-17-15(24-19-12)18-16(23)21-10-9-20(14(22)11-21)8-7-13-5-3-2-4-6-13/h2-6H,7-11H2,1H3,(H,17,18,19,23). The molecule has 1 aliphatic rings. The van der Waals surface area contributed by atoms with Gasteiger partial charge in [0.05, 0.1) is 0 Å². The molecule has 1 aromatic heterocycles. The van der Waals surface area contributed by atoms with E-state index in [1.54, 1.807) is 6.92 Å². The van der Waals surface area contributed by atoms with Crippen molar-refractivity contribution in [3.63, 3.8) is 0 Å². The van der Waals surface area contributed by atoms with Gasteiger partial charge in [0.25, 0.3) is 0 Å². The number of aromatic nitrogens is 2. The summed E-state index contributed by atoms with van der Waals surface area (Å²) in [7, 11) is 0. The zero-order valence-corrected chi connectivity index (χ0v) is 14.3. The molecule has 0 atom stereocenters. The molecule has 0 bridgehead atoms. The quantitative estimate of drug-likeness (QED) is 0.916. The maximum Gasteiger partial charge on any atom is 0.324 e. The van der Waals surface area contributed by atoms with E-state index in [4.69, 9.17) is 0 Å². The number of hydrogen-bond acceptors (Lipinski definition) is 5. The van der Waals surface area contributed by atoms with Crippen molar-refractivity contribution < 1.29 is 9.59 Å². The van der Waals surface area contributed by atoms with Crippen molar-refractivity contribution in [1.29, 1.82) is 0 Å². The summed E-state index contributed by atoms with van der Waals surface area (Å²) < 4.78 is 4.02. The summed E-state index contributed by atoms with van der Waals surface area (Å²) in [6.45, 7) is 3.60. The molecule has 1 fully saturated rings. The summed E-state index contributed by atoms with van der Waals surface area (Å²) in [6.07, 6.45) is 0.822. The predicted molar refractivity (Wildman–Crippen MR) is 92.0 cm³/mol. The summed E-state index contributed by atoms with van der Waals surface area (Å²) in [4.78, 5) is 31.9. The molecule has 1 aliphatic heterocycles. The van der Waals surface area contributed by atoms with Gasteiger partial charge in [0.15, 0.2) is 0 Å². The van der Waals surface area contributed by atoms with Crippen molar-refractivity contribution in [1.82, 2.24) is 19.2 Å². The summed E-state index contributed by atoms with van der Waals surface area (Å²) in [5.74, 6) is 0.595. The van der Waals surface area contributed by atoms with Crippen molar-refractivity contribution in [2.24, 2.45) is 0 Å². The van der Waals surface area contributed by atoms with Gasteiger partial charge in [-0.25, -0.2) is 9.78 Å². The second-order valence-electron chi connectivity index (χ2n) is 5.61. The number of carbonyl (C=O) groups is 2. The fourth-order valence-corrected chi connectivity index (χ4v) is 3.11. The number of nitrogens with zero attached hydrogens (tertiary/aromatic N) is 4. The maximum absolute atomic E-state index is 12.3. The fourth-order valence-electron chi connectivity index (χ4n) is 2.55. The van der Waals surface area contributed by atoms with Crippen LogP contribution in [-0.2, 0) is 11.2 Å². The number of piperazine rings is 1. The van der Waals surface area contributed by atoms with Crippen LogP contribution in [-0.4, -0.2) is 57.3 Å². The maximum atomic E-state index is 12.3. The van der Waals surface area contributed by atoms with Crippen LogP contribution in [0, 0.1) is 6.92 Å². The molecule has 7 nitrogen and oxygen atoms in total. The summed E-state index contributed by atoms with van der Waals surface area (Å²) in [5, 5.41) is 3.14. The van der Waals surface area contributed by atoms with Gasteiger partial charge in [-0.1, -0.05) is 30.3 Å². The van der Waals surface area contributed by atoms with E-state index in [0.717, 1.165) is 18.0 Å². The minimum Gasteiger partial charge on any atom is -0.339 e. The summed E-state index contributed by atoms with van der Waals surface area (Å²) >= 11 is 1.13.